The highest BCUT2D eigenvalue weighted by atomic mass is 127. The molecule has 12 heteroatoms. The first kappa shape index (κ1) is 24.1. The zero-order valence-corrected chi connectivity index (χ0v) is 21.1. The first-order chi connectivity index (χ1) is 15.3. The van der Waals surface area contributed by atoms with Crippen LogP contribution in [0.4, 0.5) is 17.1 Å². The van der Waals surface area contributed by atoms with Crippen molar-refractivity contribution >= 4 is 80.1 Å². The molecule has 1 N–H and O–H groups in total. The van der Waals surface area contributed by atoms with Gasteiger partial charge in [-0.15, -0.1) is 0 Å². The normalized spacial score (nSPS) is 10.8. The van der Waals surface area contributed by atoms with Gasteiger partial charge in [-0.3, -0.25) is 25.7 Å². The lowest BCUT2D eigenvalue weighted by atomic mass is 10.2. The summed E-state index contributed by atoms with van der Waals surface area (Å²) in [7, 11) is 0. The van der Waals surface area contributed by atoms with E-state index in [1.807, 2.05) is 30.3 Å². The average Bonchev–Trinajstić information content (AvgIpc) is 2.74. The Morgan fingerprint density at radius 3 is 2.34 bits per heavy atom. The summed E-state index contributed by atoms with van der Waals surface area (Å²) in [6.45, 7) is 0.324. The number of non-ortho nitro benzene ring substituents is 1. The van der Waals surface area contributed by atoms with Crippen LogP contribution in [0.5, 0.6) is 5.75 Å². The third kappa shape index (κ3) is 6.04. The largest absolute Gasteiger partial charge is 0.487 e. The maximum Gasteiger partial charge on any atom is 0.301 e. The molecule has 0 bridgehead atoms. The lowest BCUT2D eigenvalue weighted by Gasteiger charge is -2.12. The first-order valence-corrected chi connectivity index (χ1v) is 11.4. The van der Waals surface area contributed by atoms with Gasteiger partial charge in [-0.1, -0.05) is 29.8 Å². The maximum absolute atomic E-state index is 11.2. The molecule has 3 rings (SSSR count). The van der Waals surface area contributed by atoms with Crippen LogP contribution >= 0.6 is 56.8 Å². The van der Waals surface area contributed by atoms with Crippen molar-refractivity contribution in [1.82, 2.24) is 0 Å². The van der Waals surface area contributed by atoms with Gasteiger partial charge in [0, 0.05) is 16.7 Å². The van der Waals surface area contributed by atoms with E-state index in [0.717, 1.165) is 24.3 Å². The van der Waals surface area contributed by atoms with Gasteiger partial charge >= 0.3 is 5.69 Å². The highest BCUT2D eigenvalue weighted by Gasteiger charge is 2.19. The van der Waals surface area contributed by atoms with E-state index in [9.17, 15) is 20.2 Å². The van der Waals surface area contributed by atoms with Gasteiger partial charge < -0.3 is 4.74 Å². The molecule has 0 heterocycles. The lowest BCUT2D eigenvalue weighted by Crippen LogP contribution is -2.01. The fourth-order valence-electron chi connectivity index (χ4n) is 2.61. The van der Waals surface area contributed by atoms with Crippen LogP contribution in [0.25, 0.3) is 0 Å². The van der Waals surface area contributed by atoms with Gasteiger partial charge in [0.15, 0.2) is 0 Å². The number of hydrogen-bond donors (Lipinski definition) is 1. The Hall–Kier alpha value is -2.52. The summed E-state index contributed by atoms with van der Waals surface area (Å²) >= 11 is 10.5. The SMILES string of the molecule is O=[N+]([O-])c1ccc(N/N=C\c2cc(I)c(OCc3ccccc3Cl)c(I)c2)c([N+](=O)[O-])c1. The van der Waals surface area contributed by atoms with Gasteiger partial charge in [-0.25, -0.2) is 0 Å². The number of halogens is 3. The van der Waals surface area contributed by atoms with Gasteiger partial charge in [0.05, 0.1) is 29.3 Å². The second-order valence-electron chi connectivity index (χ2n) is 6.28. The van der Waals surface area contributed by atoms with Crippen molar-refractivity contribution in [1.29, 1.82) is 0 Å². The molecule has 0 radical (unpaired) electrons. The van der Waals surface area contributed by atoms with Crippen molar-refractivity contribution in [2.75, 3.05) is 5.43 Å². The Bertz CT molecular complexity index is 1200. The van der Waals surface area contributed by atoms with Crippen molar-refractivity contribution in [2.24, 2.45) is 5.10 Å². The Labute approximate surface area is 214 Å². The van der Waals surface area contributed by atoms with E-state index in [1.165, 1.54) is 18.3 Å². The van der Waals surface area contributed by atoms with Crippen LogP contribution in [0.2, 0.25) is 5.02 Å². The quantitative estimate of drug-likeness (QED) is 0.128. The number of rotatable bonds is 8. The smallest absolute Gasteiger partial charge is 0.301 e. The van der Waals surface area contributed by atoms with Crippen LogP contribution in [-0.4, -0.2) is 16.1 Å². The van der Waals surface area contributed by atoms with E-state index in [0.29, 0.717) is 17.4 Å². The molecular weight excluding hydrogens is 666 g/mol. The number of hydrazone groups is 1. The van der Waals surface area contributed by atoms with Crippen LogP contribution in [0.15, 0.2) is 59.7 Å². The molecule has 9 nitrogen and oxygen atoms in total. The second-order valence-corrected chi connectivity index (χ2v) is 9.01. The molecule has 0 aliphatic rings. The van der Waals surface area contributed by atoms with E-state index in [-0.39, 0.29) is 11.4 Å². The molecule has 0 amide bonds. The van der Waals surface area contributed by atoms with Gasteiger partial charge in [0.2, 0.25) is 0 Å². The van der Waals surface area contributed by atoms with Gasteiger partial charge in [-0.2, -0.15) is 5.10 Å². The molecule has 32 heavy (non-hydrogen) atoms. The van der Waals surface area contributed by atoms with Crippen molar-refractivity contribution in [3.8, 4) is 5.75 Å². The topological polar surface area (TPSA) is 120 Å². The third-order valence-corrected chi connectivity index (χ3v) is 6.11. The number of nitrogens with zero attached hydrogens (tertiary/aromatic N) is 3. The summed E-state index contributed by atoms with van der Waals surface area (Å²) in [5, 5.41) is 26.7. The molecule has 0 aliphatic carbocycles. The summed E-state index contributed by atoms with van der Waals surface area (Å²) in [5.74, 6) is 0.710. The molecule has 3 aromatic rings. The Morgan fingerprint density at radius 1 is 1.03 bits per heavy atom. The summed E-state index contributed by atoms with van der Waals surface area (Å²) in [6.07, 6.45) is 1.49. The van der Waals surface area contributed by atoms with Crippen molar-refractivity contribution < 1.29 is 14.6 Å². The molecule has 0 spiro atoms. The predicted molar refractivity (Wildman–Crippen MR) is 139 cm³/mol. The van der Waals surface area contributed by atoms with Crippen LogP contribution in [0, 0.1) is 27.4 Å². The molecule has 0 unspecified atom stereocenters. The zero-order chi connectivity index (χ0) is 23.3. The van der Waals surface area contributed by atoms with Crippen molar-refractivity contribution in [3.63, 3.8) is 0 Å². The zero-order valence-electron chi connectivity index (χ0n) is 16.0. The molecule has 0 fully saturated rings. The number of nitro groups is 2. The number of hydrogen-bond acceptors (Lipinski definition) is 7. The summed E-state index contributed by atoms with van der Waals surface area (Å²) in [4.78, 5) is 20.6. The van der Waals surface area contributed by atoms with Gasteiger partial charge in [0.25, 0.3) is 5.69 Å². The Balaban J connectivity index is 1.74. The summed E-state index contributed by atoms with van der Waals surface area (Å²) in [5.41, 5.74) is 3.41. The monoisotopic (exact) mass is 678 g/mol. The number of anilines is 1. The second kappa shape index (κ2) is 10.9. The molecule has 0 atom stereocenters. The summed E-state index contributed by atoms with van der Waals surface area (Å²) in [6, 6.07) is 14.4. The minimum Gasteiger partial charge on any atom is -0.487 e. The van der Waals surface area contributed by atoms with Crippen LogP contribution < -0.4 is 10.2 Å². The number of nitro benzene ring substituents is 2. The van der Waals surface area contributed by atoms with Gasteiger partial charge in [-0.05, 0) is 75.0 Å². The number of ether oxygens (including phenoxy) is 1. The average molecular weight is 679 g/mol. The van der Waals surface area contributed by atoms with E-state index < -0.39 is 15.5 Å². The minimum atomic E-state index is -0.706. The predicted octanol–water partition coefficient (Wildman–Crippen LogP) is 6.39. The number of nitrogens with one attached hydrogen (secondary N) is 1. The van der Waals surface area contributed by atoms with E-state index in [4.69, 9.17) is 16.3 Å². The molecule has 0 aromatic heterocycles. The standard InChI is InChI=1S/C20H13ClI2N4O5/c21-15-4-2-1-3-13(15)11-32-20-16(22)7-12(8-17(20)23)10-24-25-18-6-5-14(26(28)29)9-19(18)27(30)31/h1-10,25H,11H2/b24-10-. The molecule has 0 saturated carbocycles. The summed E-state index contributed by atoms with van der Waals surface area (Å²) < 4.78 is 7.65. The Morgan fingerprint density at radius 2 is 1.72 bits per heavy atom. The lowest BCUT2D eigenvalue weighted by molar-refractivity contribution is -0.393. The molecule has 0 saturated heterocycles. The minimum absolute atomic E-state index is 0.0425. The van der Waals surface area contributed by atoms with E-state index in [2.05, 4.69) is 55.7 Å². The highest BCUT2D eigenvalue weighted by molar-refractivity contribution is 14.1. The number of benzene rings is 3. The third-order valence-electron chi connectivity index (χ3n) is 4.14. The molecule has 164 valence electrons. The van der Waals surface area contributed by atoms with Crippen LogP contribution in [0.1, 0.15) is 11.1 Å². The van der Waals surface area contributed by atoms with E-state index >= 15 is 0 Å². The fraction of sp³-hybridized carbons (Fsp3) is 0.0500. The molecular formula is C20H13ClI2N4O5. The Kier molecular flexibility index (Phi) is 8.20. The van der Waals surface area contributed by atoms with Crippen LogP contribution in [-0.2, 0) is 6.61 Å². The van der Waals surface area contributed by atoms with Crippen molar-refractivity contribution in [3.05, 3.63) is 98.1 Å². The first-order valence-electron chi connectivity index (χ1n) is 8.83. The maximum atomic E-state index is 11.2. The fourth-order valence-corrected chi connectivity index (χ4v) is 4.93. The van der Waals surface area contributed by atoms with Crippen LogP contribution in [0.3, 0.4) is 0 Å². The van der Waals surface area contributed by atoms with E-state index in [1.54, 1.807) is 6.07 Å². The molecule has 0 aliphatic heterocycles. The highest BCUT2D eigenvalue weighted by Crippen LogP contribution is 2.31. The van der Waals surface area contributed by atoms with Crippen molar-refractivity contribution in [2.45, 2.75) is 6.61 Å². The van der Waals surface area contributed by atoms with Gasteiger partial charge in [0.1, 0.15) is 18.0 Å². The molecule has 3 aromatic carbocycles.